The van der Waals surface area contributed by atoms with Gasteiger partial charge in [0, 0.05) is 7.05 Å². The van der Waals surface area contributed by atoms with E-state index in [4.69, 9.17) is 0 Å². The van der Waals surface area contributed by atoms with Crippen molar-refractivity contribution < 1.29 is 26.7 Å². The number of alkyl halides is 5. The van der Waals surface area contributed by atoms with Crippen LogP contribution in [0, 0.1) is 0 Å². The van der Waals surface area contributed by atoms with Crippen LogP contribution in [0.1, 0.15) is 22.0 Å². The molecule has 7 nitrogen and oxygen atoms in total. The van der Waals surface area contributed by atoms with E-state index < -0.39 is 36.4 Å². The molecular weight excluding hydrogens is 327 g/mol. The lowest BCUT2D eigenvalue weighted by Gasteiger charge is -2.17. The number of imidazole rings is 1. The Balaban J connectivity index is 2.16. The third-order valence-electron chi connectivity index (χ3n) is 2.86. The molecule has 0 saturated heterocycles. The van der Waals surface area contributed by atoms with Crippen LogP contribution >= 0.6 is 0 Å². The SMILES string of the molecule is CN(Cc1ncnn1CC(F)F)C(=O)c1nc[nH]c1C(F)(F)F. The van der Waals surface area contributed by atoms with E-state index in [9.17, 15) is 26.7 Å². The topological polar surface area (TPSA) is 79.7 Å². The molecule has 1 N–H and O–H groups in total. The number of rotatable bonds is 5. The molecule has 0 bridgehead atoms. The predicted molar refractivity (Wildman–Crippen MR) is 65.4 cm³/mol. The van der Waals surface area contributed by atoms with Crippen LogP contribution in [0.3, 0.4) is 0 Å². The third kappa shape index (κ3) is 3.81. The molecule has 0 aliphatic carbocycles. The number of H-pyrrole nitrogens is 1. The third-order valence-corrected chi connectivity index (χ3v) is 2.86. The summed E-state index contributed by atoms with van der Waals surface area (Å²) in [4.78, 5) is 21.9. The maximum Gasteiger partial charge on any atom is 0.433 e. The van der Waals surface area contributed by atoms with E-state index in [0.717, 1.165) is 22.2 Å². The van der Waals surface area contributed by atoms with Gasteiger partial charge in [0.05, 0.1) is 12.9 Å². The molecule has 0 fully saturated rings. The van der Waals surface area contributed by atoms with Crippen LogP contribution in [0.2, 0.25) is 0 Å². The van der Waals surface area contributed by atoms with E-state index in [0.29, 0.717) is 0 Å². The molecule has 12 heteroatoms. The second-order valence-electron chi connectivity index (χ2n) is 4.53. The highest BCUT2D eigenvalue weighted by molar-refractivity contribution is 5.93. The van der Waals surface area contributed by atoms with E-state index in [1.807, 2.05) is 4.98 Å². The van der Waals surface area contributed by atoms with Crippen molar-refractivity contribution in [3.05, 3.63) is 29.9 Å². The molecule has 126 valence electrons. The quantitative estimate of drug-likeness (QED) is 0.839. The van der Waals surface area contributed by atoms with Crippen molar-refractivity contribution in [2.45, 2.75) is 25.7 Å². The monoisotopic (exact) mass is 338 g/mol. The fourth-order valence-corrected chi connectivity index (χ4v) is 1.83. The Morgan fingerprint density at radius 3 is 2.70 bits per heavy atom. The maximum absolute atomic E-state index is 12.7. The van der Waals surface area contributed by atoms with Crippen LogP contribution in [0.5, 0.6) is 0 Å². The van der Waals surface area contributed by atoms with Gasteiger partial charge in [-0.05, 0) is 0 Å². The summed E-state index contributed by atoms with van der Waals surface area (Å²) < 4.78 is 63.8. The number of amides is 1. The average molecular weight is 338 g/mol. The number of halogens is 5. The van der Waals surface area contributed by atoms with Crippen LogP contribution in [0.15, 0.2) is 12.7 Å². The van der Waals surface area contributed by atoms with Gasteiger partial charge >= 0.3 is 6.18 Å². The number of aromatic amines is 1. The number of carbonyl (C=O) groups is 1. The van der Waals surface area contributed by atoms with E-state index in [1.165, 1.54) is 7.05 Å². The Morgan fingerprint density at radius 2 is 2.09 bits per heavy atom. The normalized spacial score (nSPS) is 12.0. The molecule has 0 aliphatic rings. The minimum atomic E-state index is -4.77. The Kier molecular flexibility index (Phi) is 4.61. The van der Waals surface area contributed by atoms with Gasteiger partial charge in [-0.1, -0.05) is 0 Å². The first kappa shape index (κ1) is 16.8. The summed E-state index contributed by atoms with van der Waals surface area (Å²) in [7, 11) is 1.21. The van der Waals surface area contributed by atoms with Gasteiger partial charge in [-0.2, -0.15) is 18.3 Å². The molecule has 0 radical (unpaired) electrons. The lowest BCUT2D eigenvalue weighted by atomic mass is 10.3. The van der Waals surface area contributed by atoms with Gasteiger partial charge in [0.15, 0.2) is 11.4 Å². The van der Waals surface area contributed by atoms with Crippen molar-refractivity contribution >= 4 is 5.91 Å². The van der Waals surface area contributed by atoms with E-state index >= 15 is 0 Å². The van der Waals surface area contributed by atoms with E-state index in [1.54, 1.807) is 0 Å². The van der Waals surface area contributed by atoms with Crippen molar-refractivity contribution in [3.8, 4) is 0 Å². The van der Waals surface area contributed by atoms with Gasteiger partial charge in [0.2, 0.25) is 0 Å². The minimum absolute atomic E-state index is 0.0187. The smallest absolute Gasteiger partial charge is 0.340 e. The predicted octanol–water partition coefficient (Wildman–Crippen LogP) is 1.56. The molecule has 2 aromatic rings. The Labute approximate surface area is 126 Å². The number of carbonyl (C=O) groups excluding carboxylic acids is 1. The summed E-state index contributed by atoms with van der Waals surface area (Å²) in [5.74, 6) is -1.00. The highest BCUT2D eigenvalue weighted by Gasteiger charge is 2.38. The summed E-state index contributed by atoms with van der Waals surface area (Å²) in [5, 5.41) is 3.57. The molecule has 2 heterocycles. The summed E-state index contributed by atoms with van der Waals surface area (Å²) in [5.41, 5.74) is -2.08. The second kappa shape index (κ2) is 6.30. The zero-order valence-electron chi connectivity index (χ0n) is 11.7. The lowest BCUT2D eigenvalue weighted by molar-refractivity contribution is -0.141. The number of hydrogen-bond donors (Lipinski definition) is 1. The fourth-order valence-electron chi connectivity index (χ4n) is 1.83. The second-order valence-corrected chi connectivity index (χ2v) is 4.53. The molecular formula is C11H11F5N6O. The van der Waals surface area contributed by atoms with Gasteiger partial charge in [0.1, 0.15) is 18.7 Å². The summed E-state index contributed by atoms with van der Waals surface area (Å²) >= 11 is 0. The molecule has 23 heavy (non-hydrogen) atoms. The molecule has 2 rings (SSSR count). The summed E-state index contributed by atoms with van der Waals surface area (Å²) in [6, 6.07) is 0. The first-order valence-electron chi connectivity index (χ1n) is 6.21. The molecule has 2 aromatic heterocycles. The molecule has 0 aliphatic heterocycles. The fraction of sp³-hybridized carbons (Fsp3) is 0.455. The van der Waals surface area contributed by atoms with Gasteiger partial charge in [-0.3, -0.25) is 4.79 Å². The highest BCUT2D eigenvalue weighted by atomic mass is 19.4. The van der Waals surface area contributed by atoms with Crippen molar-refractivity contribution in [2.24, 2.45) is 0 Å². The molecule has 1 amide bonds. The molecule has 0 unspecified atom stereocenters. The van der Waals surface area contributed by atoms with E-state index in [2.05, 4.69) is 15.1 Å². The zero-order valence-corrected chi connectivity index (χ0v) is 11.7. The van der Waals surface area contributed by atoms with Crippen LogP contribution in [0.25, 0.3) is 0 Å². The van der Waals surface area contributed by atoms with Gasteiger partial charge in [-0.25, -0.2) is 23.4 Å². The average Bonchev–Trinajstić information content (AvgIpc) is 3.06. The first-order valence-corrected chi connectivity index (χ1v) is 6.21. The zero-order chi connectivity index (χ0) is 17.2. The number of nitrogens with one attached hydrogen (secondary N) is 1. The Morgan fingerprint density at radius 1 is 1.39 bits per heavy atom. The van der Waals surface area contributed by atoms with Crippen molar-refractivity contribution in [1.82, 2.24) is 29.6 Å². The van der Waals surface area contributed by atoms with Crippen molar-refractivity contribution in [3.63, 3.8) is 0 Å². The van der Waals surface area contributed by atoms with Crippen molar-refractivity contribution in [2.75, 3.05) is 7.05 Å². The Hall–Kier alpha value is -2.53. The van der Waals surface area contributed by atoms with Crippen LogP contribution in [-0.2, 0) is 19.3 Å². The molecule has 0 spiro atoms. The Bertz CT molecular complexity index is 679. The van der Waals surface area contributed by atoms with Gasteiger partial charge in [0.25, 0.3) is 12.3 Å². The van der Waals surface area contributed by atoms with Gasteiger partial charge < -0.3 is 9.88 Å². The minimum Gasteiger partial charge on any atom is -0.340 e. The van der Waals surface area contributed by atoms with Crippen LogP contribution in [0.4, 0.5) is 22.0 Å². The summed E-state index contributed by atoms with van der Waals surface area (Å²) in [6.07, 6.45) is -5.67. The summed E-state index contributed by atoms with van der Waals surface area (Å²) in [6.45, 7) is -1.02. The molecule has 0 aromatic carbocycles. The first-order chi connectivity index (χ1) is 10.7. The standard InChI is InChI=1S/C11H11F5N6O/c1-21(3-7-17-5-20-22(7)2-6(12)13)10(23)8-9(11(14,15)16)19-4-18-8/h4-6H,2-3H2,1H3,(H,18,19). The largest absolute Gasteiger partial charge is 0.433 e. The highest BCUT2D eigenvalue weighted by Crippen LogP contribution is 2.30. The van der Waals surface area contributed by atoms with Gasteiger partial charge in [-0.15, -0.1) is 0 Å². The lowest BCUT2D eigenvalue weighted by Crippen LogP contribution is -2.30. The number of hydrogen-bond acceptors (Lipinski definition) is 4. The molecule has 0 saturated carbocycles. The van der Waals surface area contributed by atoms with Crippen LogP contribution < -0.4 is 0 Å². The molecule has 0 atom stereocenters. The number of nitrogens with zero attached hydrogens (tertiary/aromatic N) is 5. The van der Waals surface area contributed by atoms with Crippen LogP contribution in [-0.4, -0.2) is 49.0 Å². The number of aromatic nitrogens is 5. The van der Waals surface area contributed by atoms with E-state index in [-0.39, 0.29) is 12.4 Å². The van der Waals surface area contributed by atoms with Crippen molar-refractivity contribution in [1.29, 1.82) is 0 Å². The maximum atomic E-state index is 12.7.